The molecule has 1 heterocycles. The van der Waals surface area contributed by atoms with Gasteiger partial charge in [0.2, 0.25) is 0 Å². The van der Waals surface area contributed by atoms with Crippen LogP contribution in [0.15, 0.2) is 48.5 Å². The highest BCUT2D eigenvalue weighted by atomic mass is 14.9. The van der Waals surface area contributed by atoms with E-state index in [2.05, 4.69) is 53.8 Å². The maximum atomic E-state index is 3.71. The summed E-state index contributed by atoms with van der Waals surface area (Å²) in [6.07, 6.45) is 9.39. The molecule has 0 bridgehead atoms. The van der Waals surface area contributed by atoms with E-state index in [1.807, 2.05) is 0 Å². The second-order valence-corrected chi connectivity index (χ2v) is 6.89. The van der Waals surface area contributed by atoms with Crippen LogP contribution in [0.5, 0.6) is 0 Å². The maximum Gasteiger partial charge on any atom is 0.0517 e. The second-order valence-electron chi connectivity index (χ2n) is 6.89. The summed E-state index contributed by atoms with van der Waals surface area (Å²) in [5, 5.41) is 3.71. The molecule has 0 radical (unpaired) electrons. The van der Waals surface area contributed by atoms with Crippen LogP contribution in [0.25, 0.3) is 0 Å². The zero-order valence-electron chi connectivity index (χ0n) is 13.2. The van der Waals surface area contributed by atoms with E-state index in [-0.39, 0.29) is 0 Å². The highest BCUT2D eigenvalue weighted by molar-refractivity contribution is 5.55. The van der Waals surface area contributed by atoms with E-state index in [1.165, 1.54) is 61.8 Å². The van der Waals surface area contributed by atoms with Crippen LogP contribution in [-0.4, -0.2) is 0 Å². The molecular weight excluding hydrogens is 266 g/mol. The number of aryl methyl sites for hydroxylation is 1. The Morgan fingerprint density at radius 2 is 1.45 bits per heavy atom. The smallest absolute Gasteiger partial charge is 0.0517 e. The van der Waals surface area contributed by atoms with Gasteiger partial charge in [-0.2, -0.15) is 0 Å². The molecule has 1 nitrogen and oxygen atoms in total. The first-order valence-electron chi connectivity index (χ1n) is 8.84. The van der Waals surface area contributed by atoms with Gasteiger partial charge in [0.05, 0.1) is 6.04 Å². The van der Waals surface area contributed by atoms with Crippen molar-refractivity contribution in [1.29, 1.82) is 0 Å². The van der Waals surface area contributed by atoms with Crippen molar-refractivity contribution in [3.05, 3.63) is 65.2 Å². The Morgan fingerprint density at radius 1 is 0.727 bits per heavy atom. The summed E-state index contributed by atoms with van der Waals surface area (Å²) in [7, 11) is 0. The van der Waals surface area contributed by atoms with Crippen LogP contribution in [0.4, 0.5) is 5.69 Å². The highest BCUT2D eigenvalue weighted by Crippen LogP contribution is 2.35. The molecule has 1 aliphatic heterocycles. The Bertz CT molecular complexity index is 623. The maximum absolute atomic E-state index is 3.71. The third kappa shape index (κ3) is 2.77. The van der Waals surface area contributed by atoms with Gasteiger partial charge in [-0.15, -0.1) is 0 Å². The molecule has 0 amide bonds. The number of benzene rings is 2. The fourth-order valence-corrected chi connectivity index (χ4v) is 4.13. The first-order chi connectivity index (χ1) is 10.9. The summed E-state index contributed by atoms with van der Waals surface area (Å²) in [6.45, 7) is 0. The highest BCUT2D eigenvalue weighted by Gasteiger charge is 2.20. The van der Waals surface area contributed by atoms with Crippen LogP contribution >= 0.6 is 0 Å². The van der Waals surface area contributed by atoms with Crippen LogP contribution in [0, 0.1) is 0 Å². The summed E-state index contributed by atoms with van der Waals surface area (Å²) >= 11 is 0. The Hall–Kier alpha value is -1.76. The van der Waals surface area contributed by atoms with E-state index >= 15 is 0 Å². The second kappa shape index (κ2) is 6.16. The molecule has 22 heavy (non-hydrogen) atoms. The van der Waals surface area contributed by atoms with Crippen molar-refractivity contribution in [1.82, 2.24) is 0 Å². The third-order valence-electron chi connectivity index (χ3n) is 5.46. The number of anilines is 1. The van der Waals surface area contributed by atoms with Crippen molar-refractivity contribution in [2.45, 2.75) is 56.9 Å². The van der Waals surface area contributed by atoms with Crippen LogP contribution in [0.1, 0.15) is 67.2 Å². The minimum Gasteiger partial charge on any atom is -0.378 e. The molecule has 1 unspecified atom stereocenters. The van der Waals surface area contributed by atoms with Crippen molar-refractivity contribution in [2.24, 2.45) is 0 Å². The summed E-state index contributed by atoms with van der Waals surface area (Å²) in [5.74, 6) is 0.808. The number of hydrogen-bond donors (Lipinski definition) is 1. The average molecular weight is 291 g/mol. The van der Waals surface area contributed by atoms with Crippen molar-refractivity contribution < 1.29 is 0 Å². The van der Waals surface area contributed by atoms with Crippen molar-refractivity contribution in [3.63, 3.8) is 0 Å². The minimum atomic E-state index is 0.468. The van der Waals surface area contributed by atoms with E-state index in [9.17, 15) is 0 Å². The Kier molecular flexibility index (Phi) is 3.88. The van der Waals surface area contributed by atoms with Crippen molar-refractivity contribution >= 4 is 5.69 Å². The van der Waals surface area contributed by atoms with Gasteiger partial charge in [0.1, 0.15) is 0 Å². The number of fused-ring (bicyclic) bond motifs is 1. The van der Waals surface area contributed by atoms with Crippen LogP contribution in [-0.2, 0) is 6.42 Å². The molecule has 0 saturated heterocycles. The summed E-state index contributed by atoms with van der Waals surface area (Å²) < 4.78 is 0. The molecule has 1 heteroatoms. The number of rotatable bonds is 2. The largest absolute Gasteiger partial charge is 0.378 e. The average Bonchev–Trinajstić information content (AvgIpc) is 2.62. The lowest BCUT2D eigenvalue weighted by Gasteiger charge is -2.28. The Balaban J connectivity index is 1.49. The topological polar surface area (TPSA) is 12.0 Å². The molecule has 1 fully saturated rings. The molecule has 4 rings (SSSR count). The van der Waals surface area contributed by atoms with Gasteiger partial charge in [0.15, 0.2) is 0 Å². The lowest BCUT2D eigenvalue weighted by molar-refractivity contribution is 0.443. The monoisotopic (exact) mass is 291 g/mol. The number of nitrogens with one attached hydrogen (secondary N) is 1. The molecule has 1 N–H and O–H groups in total. The van der Waals surface area contributed by atoms with E-state index in [1.54, 1.807) is 5.56 Å². The van der Waals surface area contributed by atoms with Gasteiger partial charge in [0.25, 0.3) is 0 Å². The summed E-state index contributed by atoms with van der Waals surface area (Å²) in [5.41, 5.74) is 5.77. The van der Waals surface area contributed by atoms with E-state index < -0.39 is 0 Å². The molecule has 2 aromatic rings. The fraction of sp³-hybridized carbons (Fsp3) is 0.429. The molecule has 114 valence electrons. The van der Waals surface area contributed by atoms with Gasteiger partial charge < -0.3 is 5.32 Å². The molecule has 1 atom stereocenters. The van der Waals surface area contributed by atoms with Crippen molar-refractivity contribution in [2.75, 3.05) is 5.32 Å². The summed E-state index contributed by atoms with van der Waals surface area (Å²) in [4.78, 5) is 0. The lowest BCUT2D eigenvalue weighted by Crippen LogP contribution is -2.18. The normalized spacial score (nSPS) is 21.9. The molecule has 0 spiro atoms. The molecule has 1 aliphatic carbocycles. The van der Waals surface area contributed by atoms with E-state index in [4.69, 9.17) is 0 Å². The van der Waals surface area contributed by atoms with E-state index in [0.717, 1.165) is 5.92 Å². The Labute approximate surface area is 133 Å². The Morgan fingerprint density at radius 3 is 2.27 bits per heavy atom. The zero-order valence-corrected chi connectivity index (χ0v) is 13.2. The predicted molar refractivity (Wildman–Crippen MR) is 93.4 cm³/mol. The van der Waals surface area contributed by atoms with Gasteiger partial charge in [-0.05, 0) is 54.4 Å². The van der Waals surface area contributed by atoms with Crippen LogP contribution in [0.2, 0.25) is 0 Å². The number of para-hydroxylation sites is 1. The predicted octanol–water partition coefficient (Wildman–Crippen LogP) is 5.83. The SMILES string of the molecule is c1ccc2c(c1)CCC(c1ccc(C3CCCCC3)cc1)N2. The zero-order chi connectivity index (χ0) is 14.8. The first-order valence-corrected chi connectivity index (χ1v) is 8.84. The third-order valence-corrected chi connectivity index (χ3v) is 5.46. The lowest BCUT2D eigenvalue weighted by atomic mass is 9.83. The van der Waals surface area contributed by atoms with Gasteiger partial charge in [-0.1, -0.05) is 61.7 Å². The molecule has 1 saturated carbocycles. The number of hydrogen-bond acceptors (Lipinski definition) is 1. The standard InChI is InChI=1S/C21H25N/c1-2-6-16(7-3-1)17-10-12-19(13-11-17)21-15-14-18-8-4-5-9-20(18)22-21/h4-5,8-13,16,21-22H,1-3,6-7,14-15H2. The fourth-order valence-electron chi connectivity index (χ4n) is 4.13. The van der Waals surface area contributed by atoms with Gasteiger partial charge in [-0.25, -0.2) is 0 Å². The molecule has 2 aliphatic rings. The first kappa shape index (κ1) is 13.9. The molecule has 0 aromatic heterocycles. The minimum absolute atomic E-state index is 0.468. The van der Waals surface area contributed by atoms with Crippen LogP contribution < -0.4 is 5.32 Å². The van der Waals surface area contributed by atoms with E-state index in [0.29, 0.717) is 6.04 Å². The van der Waals surface area contributed by atoms with Gasteiger partial charge in [-0.3, -0.25) is 0 Å². The summed E-state index contributed by atoms with van der Waals surface area (Å²) in [6, 6.07) is 18.7. The quantitative estimate of drug-likeness (QED) is 0.733. The van der Waals surface area contributed by atoms with Gasteiger partial charge >= 0.3 is 0 Å². The van der Waals surface area contributed by atoms with Crippen LogP contribution in [0.3, 0.4) is 0 Å². The molecule has 2 aromatic carbocycles. The molecular formula is C21H25N. The van der Waals surface area contributed by atoms with Crippen molar-refractivity contribution in [3.8, 4) is 0 Å². The van der Waals surface area contributed by atoms with Gasteiger partial charge in [0, 0.05) is 5.69 Å².